The first kappa shape index (κ1) is 13.3. The number of hydrogen-bond donors (Lipinski definition) is 2. The summed E-state index contributed by atoms with van der Waals surface area (Å²) < 4.78 is 0. The van der Waals surface area contributed by atoms with Gasteiger partial charge in [0.1, 0.15) is 5.82 Å². The van der Waals surface area contributed by atoms with Crippen LogP contribution in [0.25, 0.3) is 0 Å². The number of primary amides is 1. The number of pyridine rings is 1. The molecule has 0 aromatic carbocycles. The van der Waals surface area contributed by atoms with E-state index in [1.165, 1.54) is 6.20 Å². The minimum Gasteiger partial charge on any atom is -0.397 e. The number of unbranched alkanes of at least 4 members (excludes halogenated alkanes) is 2. The zero-order valence-electron chi connectivity index (χ0n) is 10.4. The average molecular weight is 236 g/mol. The third kappa shape index (κ3) is 3.62. The van der Waals surface area contributed by atoms with Gasteiger partial charge in [-0.3, -0.25) is 4.79 Å². The second-order valence-electron chi connectivity index (χ2n) is 4.13. The molecule has 1 amide bonds. The summed E-state index contributed by atoms with van der Waals surface area (Å²) in [4.78, 5) is 17.4. The standard InChI is InChI=1S/C12H20N4O/c1-3-4-5-6-16(2)12-10(11(14)17)7-9(13)8-15-12/h7-8H,3-6,13H2,1-2H3,(H2,14,17). The number of rotatable bonds is 6. The lowest BCUT2D eigenvalue weighted by Crippen LogP contribution is -2.24. The fourth-order valence-corrected chi connectivity index (χ4v) is 1.66. The maximum Gasteiger partial charge on any atom is 0.252 e. The Hall–Kier alpha value is -1.78. The first-order valence-corrected chi connectivity index (χ1v) is 5.82. The second kappa shape index (κ2) is 6.08. The lowest BCUT2D eigenvalue weighted by Gasteiger charge is -2.20. The number of carbonyl (C=O) groups is 1. The van der Waals surface area contributed by atoms with E-state index in [0.29, 0.717) is 17.1 Å². The van der Waals surface area contributed by atoms with Gasteiger partial charge < -0.3 is 16.4 Å². The molecule has 1 aromatic rings. The van der Waals surface area contributed by atoms with Gasteiger partial charge in [0.05, 0.1) is 17.4 Å². The number of hydrogen-bond acceptors (Lipinski definition) is 4. The summed E-state index contributed by atoms with van der Waals surface area (Å²) in [6.45, 7) is 3.00. The fourth-order valence-electron chi connectivity index (χ4n) is 1.66. The molecule has 1 heterocycles. The topological polar surface area (TPSA) is 85.2 Å². The number of nitrogen functional groups attached to an aromatic ring is 1. The zero-order valence-corrected chi connectivity index (χ0v) is 10.4. The smallest absolute Gasteiger partial charge is 0.252 e. The van der Waals surface area contributed by atoms with E-state index in [9.17, 15) is 4.79 Å². The van der Waals surface area contributed by atoms with Gasteiger partial charge in [-0.25, -0.2) is 4.98 Å². The average Bonchev–Trinajstić information content (AvgIpc) is 2.29. The molecule has 5 heteroatoms. The lowest BCUT2D eigenvalue weighted by atomic mass is 10.2. The van der Waals surface area contributed by atoms with E-state index < -0.39 is 5.91 Å². The van der Waals surface area contributed by atoms with E-state index in [1.54, 1.807) is 6.07 Å². The van der Waals surface area contributed by atoms with E-state index in [1.807, 2.05) is 11.9 Å². The van der Waals surface area contributed by atoms with Crippen molar-refractivity contribution < 1.29 is 4.79 Å². The molecule has 0 aliphatic heterocycles. The van der Waals surface area contributed by atoms with Gasteiger partial charge in [0.2, 0.25) is 0 Å². The van der Waals surface area contributed by atoms with Gasteiger partial charge in [-0.1, -0.05) is 19.8 Å². The maximum absolute atomic E-state index is 11.3. The number of amides is 1. The number of carbonyl (C=O) groups excluding carboxylic acids is 1. The number of nitrogens with zero attached hydrogens (tertiary/aromatic N) is 2. The second-order valence-corrected chi connectivity index (χ2v) is 4.13. The van der Waals surface area contributed by atoms with Crippen LogP contribution in [-0.2, 0) is 0 Å². The van der Waals surface area contributed by atoms with Crippen LogP contribution >= 0.6 is 0 Å². The van der Waals surface area contributed by atoms with Crippen LogP contribution in [0.15, 0.2) is 12.3 Å². The Morgan fingerprint density at radius 2 is 2.18 bits per heavy atom. The van der Waals surface area contributed by atoms with Gasteiger partial charge >= 0.3 is 0 Å². The Bertz CT molecular complexity index is 392. The molecule has 0 aliphatic rings. The van der Waals surface area contributed by atoms with E-state index in [4.69, 9.17) is 11.5 Å². The Morgan fingerprint density at radius 1 is 1.47 bits per heavy atom. The molecule has 5 nitrogen and oxygen atoms in total. The zero-order chi connectivity index (χ0) is 12.8. The maximum atomic E-state index is 11.3. The highest BCUT2D eigenvalue weighted by atomic mass is 16.1. The van der Waals surface area contributed by atoms with Crippen LogP contribution in [0.3, 0.4) is 0 Å². The lowest BCUT2D eigenvalue weighted by molar-refractivity contribution is 0.100. The van der Waals surface area contributed by atoms with Crippen LogP contribution in [0.1, 0.15) is 36.5 Å². The third-order valence-electron chi connectivity index (χ3n) is 2.61. The molecule has 0 saturated heterocycles. The van der Waals surface area contributed by atoms with Crippen molar-refractivity contribution in [3.05, 3.63) is 17.8 Å². The molecule has 0 spiro atoms. The van der Waals surface area contributed by atoms with E-state index in [0.717, 1.165) is 25.8 Å². The van der Waals surface area contributed by atoms with Crippen molar-refractivity contribution in [3.8, 4) is 0 Å². The summed E-state index contributed by atoms with van der Waals surface area (Å²) in [7, 11) is 1.90. The first-order valence-electron chi connectivity index (χ1n) is 5.82. The third-order valence-corrected chi connectivity index (χ3v) is 2.61. The summed E-state index contributed by atoms with van der Waals surface area (Å²) in [5.74, 6) is 0.102. The van der Waals surface area contributed by atoms with Gasteiger partial charge in [-0.15, -0.1) is 0 Å². The molecule has 17 heavy (non-hydrogen) atoms. The van der Waals surface area contributed by atoms with E-state index in [-0.39, 0.29) is 0 Å². The quantitative estimate of drug-likeness (QED) is 0.731. The molecule has 0 radical (unpaired) electrons. The molecular weight excluding hydrogens is 216 g/mol. The van der Waals surface area contributed by atoms with Gasteiger partial charge in [0.25, 0.3) is 5.91 Å². The minimum absolute atomic E-state index is 0.379. The molecule has 4 N–H and O–H groups in total. The van der Waals surface area contributed by atoms with Crippen molar-refractivity contribution >= 4 is 17.4 Å². The molecule has 1 aromatic heterocycles. The molecule has 94 valence electrons. The van der Waals surface area contributed by atoms with Gasteiger partial charge in [-0.05, 0) is 12.5 Å². The van der Waals surface area contributed by atoms with Crippen LogP contribution in [0.2, 0.25) is 0 Å². The van der Waals surface area contributed by atoms with Crippen LogP contribution in [-0.4, -0.2) is 24.5 Å². The molecular formula is C12H20N4O. The van der Waals surface area contributed by atoms with Crippen LogP contribution < -0.4 is 16.4 Å². The fraction of sp³-hybridized carbons (Fsp3) is 0.500. The molecule has 0 atom stereocenters. The Morgan fingerprint density at radius 3 is 2.76 bits per heavy atom. The van der Waals surface area contributed by atoms with Crippen molar-refractivity contribution in [2.24, 2.45) is 5.73 Å². The Balaban J connectivity index is 2.84. The van der Waals surface area contributed by atoms with Crippen LogP contribution in [0.4, 0.5) is 11.5 Å². The van der Waals surface area contributed by atoms with Crippen molar-refractivity contribution in [1.29, 1.82) is 0 Å². The summed E-state index contributed by atoms with van der Waals surface area (Å²) in [6.07, 6.45) is 4.92. The normalized spacial score (nSPS) is 10.2. The highest BCUT2D eigenvalue weighted by Gasteiger charge is 2.13. The Labute approximate surface area is 102 Å². The Kier molecular flexibility index (Phi) is 4.75. The molecule has 0 fully saturated rings. The number of anilines is 2. The predicted molar refractivity (Wildman–Crippen MR) is 70.0 cm³/mol. The molecule has 0 aliphatic carbocycles. The number of nitrogens with two attached hydrogens (primary N) is 2. The summed E-state index contributed by atoms with van der Waals surface area (Å²) >= 11 is 0. The summed E-state index contributed by atoms with van der Waals surface area (Å²) in [5.41, 5.74) is 11.7. The van der Waals surface area contributed by atoms with Crippen molar-refractivity contribution in [2.75, 3.05) is 24.2 Å². The summed E-state index contributed by atoms with van der Waals surface area (Å²) in [5, 5.41) is 0. The largest absolute Gasteiger partial charge is 0.397 e. The van der Waals surface area contributed by atoms with E-state index in [2.05, 4.69) is 11.9 Å². The summed E-state index contributed by atoms with van der Waals surface area (Å²) in [6, 6.07) is 1.57. The highest BCUT2D eigenvalue weighted by molar-refractivity contribution is 5.98. The van der Waals surface area contributed by atoms with Crippen molar-refractivity contribution in [1.82, 2.24) is 4.98 Å². The van der Waals surface area contributed by atoms with Crippen LogP contribution in [0.5, 0.6) is 0 Å². The van der Waals surface area contributed by atoms with E-state index >= 15 is 0 Å². The molecule has 1 rings (SSSR count). The molecule has 0 bridgehead atoms. The van der Waals surface area contributed by atoms with Gasteiger partial charge in [0.15, 0.2) is 0 Å². The van der Waals surface area contributed by atoms with Crippen LogP contribution in [0, 0.1) is 0 Å². The monoisotopic (exact) mass is 236 g/mol. The highest BCUT2D eigenvalue weighted by Crippen LogP contribution is 2.18. The molecule has 0 saturated carbocycles. The van der Waals surface area contributed by atoms with Gasteiger partial charge in [0, 0.05) is 13.6 Å². The number of aromatic nitrogens is 1. The first-order chi connectivity index (χ1) is 8.06. The predicted octanol–water partition coefficient (Wildman–Crippen LogP) is 1.39. The SMILES string of the molecule is CCCCCN(C)c1ncc(N)cc1C(N)=O. The minimum atomic E-state index is -0.498. The van der Waals surface area contributed by atoms with Crippen molar-refractivity contribution in [3.63, 3.8) is 0 Å². The molecule has 0 unspecified atom stereocenters. The van der Waals surface area contributed by atoms with Gasteiger partial charge in [-0.2, -0.15) is 0 Å². The van der Waals surface area contributed by atoms with Crippen molar-refractivity contribution in [2.45, 2.75) is 26.2 Å².